The number of imidazole rings is 1. The molecular weight excluding hydrogens is 290 g/mol. The summed E-state index contributed by atoms with van der Waals surface area (Å²) >= 11 is 0. The number of nitrogens with zero attached hydrogens (tertiary/aromatic N) is 2. The second-order valence-corrected chi connectivity index (χ2v) is 5.18. The van der Waals surface area contributed by atoms with E-state index in [0.29, 0.717) is 11.4 Å². The van der Waals surface area contributed by atoms with Gasteiger partial charge in [-0.3, -0.25) is 0 Å². The number of primary amides is 1. The van der Waals surface area contributed by atoms with Crippen LogP contribution < -0.4 is 10.5 Å². The summed E-state index contributed by atoms with van der Waals surface area (Å²) in [6.45, 7) is 0. The molecule has 23 heavy (non-hydrogen) atoms. The molecule has 2 N–H and O–H groups in total. The number of nitrogens with two attached hydrogens (primary N) is 1. The Morgan fingerprint density at radius 2 is 1.87 bits per heavy atom. The van der Waals surface area contributed by atoms with Crippen molar-refractivity contribution in [3.8, 4) is 17.0 Å². The predicted molar refractivity (Wildman–Crippen MR) is 88.3 cm³/mol. The first-order chi connectivity index (χ1) is 11.2. The van der Waals surface area contributed by atoms with Crippen LogP contribution in [0.25, 0.3) is 27.7 Å². The minimum atomic E-state index is -0.854. The average molecular weight is 303 g/mol. The zero-order valence-electron chi connectivity index (χ0n) is 12.1. The van der Waals surface area contributed by atoms with Gasteiger partial charge >= 0.3 is 6.09 Å². The van der Waals surface area contributed by atoms with Gasteiger partial charge in [0, 0.05) is 18.0 Å². The van der Waals surface area contributed by atoms with E-state index in [0.717, 1.165) is 22.0 Å². The van der Waals surface area contributed by atoms with E-state index in [1.54, 1.807) is 12.1 Å². The molecule has 112 valence electrons. The molecule has 0 unspecified atom stereocenters. The molecule has 0 aliphatic carbocycles. The Balaban J connectivity index is 1.94. The van der Waals surface area contributed by atoms with Crippen LogP contribution in [0.4, 0.5) is 4.79 Å². The van der Waals surface area contributed by atoms with Gasteiger partial charge in [-0.15, -0.1) is 0 Å². The predicted octanol–water partition coefficient (Wildman–Crippen LogP) is 3.61. The highest BCUT2D eigenvalue weighted by molar-refractivity contribution is 5.96. The van der Waals surface area contributed by atoms with Crippen LogP contribution >= 0.6 is 0 Å². The van der Waals surface area contributed by atoms with Crippen LogP contribution in [0.3, 0.4) is 0 Å². The average Bonchev–Trinajstić information content (AvgIpc) is 2.99. The van der Waals surface area contributed by atoms with Gasteiger partial charge in [0.2, 0.25) is 0 Å². The molecule has 2 aromatic carbocycles. The number of carbonyl (C=O) groups excluding carboxylic acids is 1. The molecule has 0 bridgehead atoms. The molecule has 0 aliphatic heterocycles. The maximum atomic E-state index is 11.0. The standard InChI is InChI=1S/C18H13N3O2/c19-18(22)23-16-9-4-10-21-11-15(20-17(16)21)14-8-3-6-12-5-1-2-7-13(12)14/h1-11H,(H2,19,22). The lowest BCUT2D eigenvalue weighted by molar-refractivity contribution is 0.211. The van der Waals surface area contributed by atoms with Crippen molar-refractivity contribution in [2.45, 2.75) is 0 Å². The Hall–Kier alpha value is -3.34. The Morgan fingerprint density at radius 3 is 2.74 bits per heavy atom. The van der Waals surface area contributed by atoms with Crippen molar-refractivity contribution in [3.63, 3.8) is 0 Å². The number of aromatic nitrogens is 2. The number of fused-ring (bicyclic) bond motifs is 2. The number of carbonyl (C=O) groups is 1. The molecule has 4 rings (SSSR count). The third kappa shape index (κ3) is 2.28. The smallest absolute Gasteiger partial charge is 0.406 e. The highest BCUT2D eigenvalue weighted by Crippen LogP contribution is 2.30. The van der Waals surface area contributed by atoms with Crippen molar-refractivity contribution < 1.29 is 9.53 Å². The number of ether oxygens (including phenoxy) is 1. The summed E-state index contributed by atoms with van der Waals surface area (Å²) < 4.78 is 6.83. The first kappa shape index (κ1) is 13.3. The highest BCUT2D eigenvalue weighted by atomic mass is 16.5. The van der Waals surface area contributed by atoms with Gasteiger partial charge in [-0.2, -0.15) is 0 Å². The second kappa shape index (κ2) is 5.14. The normalized spacial score (nSPS) is 11.0. The second-order valence-electron chi connectivity index (χ2n) is 5.18. The Bertz CT molecular complexity index is 1030. The van der Waals surface area contributed by atoms with Gasteiger partial charge < -0.3 is 14.9 Å². The largest absolute Gasteiger partial charge is 0.410 e. The third-order valence-corrected chi connectivity index (χ3v) is 3.72. The molecule has 4 aromatic rings. The van der Waals surface area contributed by atoms with Crippen LogP contribution in [0.1, 0.15) is 0 Å². The van der Waals surface area contributed by atoms with Crippen molar-refractivity contribution in [3.05, 3.63) is 67.0 Å². The van der Waals surface area contributed by atoms with Crippen molar-refractivity contribution in [2.24, 2.45) is 5.73 Å². The quantitative estimate of drug-likeness (QED) is 0.615. The molecule has 5 heteroatoms. The molecule has 0 atom stereocenters. The van der Waals surface area contributed by atoms with Gasteiger partial charge in [0.15, 0.2) is 11.4 Å². The fraction of sp³-hybridized carbons (Fsp3) is 0. The van der Waals surface area contributed by atoms with Crippen LogP contribution in [0.2, 0.25) is 0 Å². The number of rotatable bonds is 2. The molecule has 1 amide bonds. The highest BCUT2D eigenvalue weighted by Gasteiger charge is 2.12. The van der Waals surface area contributed by atoms with Crippen molar-refractivity contribution >= 4 is 22.5 Å². The lowest BCUT2D eigenvalue weighted by atomic mass is 10.0. The van der Waals surface area contributed by atoms with Crippen molar-refractivity contribution in [1.29, 1.82) is 0 Å². The third-order valence-electron chi connectivity index (χ3n) is 3.72. The van der Waals surface area contributed by atoms with Crippen LogP contribution in [0.15, 0.2) is 67.0 Å². The van der Waals surface area contributed by atoms with E-state index in [-0.39, 0.29) is 0 Å². The molecule has 2 aromatic heterocycles. The van der Waals surface area contributed by atoms with Gasteiger partial charge in [-0.05, 0) is 22.9 Å². The number of hydrogen-bond donors (Lipinski definition) is 1. The summed E-state index contributed by atoms with van der Waals surface area (Å²) in [5, 5.41) is 2.27. The van der Waals surface area contributed by atoms with E-state index in [2.05, 4.69) is 23.2 Å². The minimum Gasteiger partial charge on any atom is -0.406 e. The van der Waals surface area contributed by atoms with E-state index >= 15 is 0 Å². The van der Waals surface area contributed by atoms with Crippen LogP contribution in [0.5, 0.6) is 5.75 Å². The molecule has 0 radical (unpaired) electrons. The van der Waals surface area contributed by atoms with E-state index in [9.17, 15) is 4.79 Å². The first-order valence-electron chi connectivity index (χ1n) is 7.15. The molecule has 0 fully saturated rings. The molecular formula is C18H13N3O2. The molecule has 0 saturated carbocycles. The molecule has 0 aliphatic rings. The van der Waals surface area contributed by atoms with Gasteiger partial charge in [0.1, 0.15) is 0 Å². The number of amides is 1. The molecule has 2 heterocycles. The minimum absolute atomic E-state index is 0.339. The van der Waals surface area contributed by atoms with Gasteiger partial charge in [0.05, 0.1) is 5.69 Å². The van der Waals surface area contributed by atoms with Gasteiger partial charge in [-0.25, -0.2) is 9.78 Å². The lowest BCUT2D eigenvalue weighted by Gasteiger charge is -2.03. The summed E-state index contributed by atoms with van der Waals surface area (Å²) in [5.41, 5.74) is 7.49. The molecule has 0 spiro atoms. The molecule has 5 nitrogen and oxygen atoms in total. The van der Waals surface area contributed by atoms with E-state index in [1.165, 1.54) is 0 Å². The summed E-state index contributed by atoms with van der Waals surface area (Å²) in [6, 6.07) is 17.7. The summed E-state index contributed by atoms with van der Waals surface area (Å²) in [7, 11) is 0. The van der Waals surface area contributed by atoms with Crippen LogP contribution in [-0.2, 0) is 0 Å². The van der Waals surface area contributed by atoms with Gasteiger partial charge in [-0.1, -0.05) is 42.5 Å². The van der Waals surface area contributed by atoms with Crippen molar-refractivity contribution in [1.82, 2.24) is 9.38 Å². The summed E-state index contributed by atoms with van der Waals surface area (Å²) in [5.74, 6) is 0.339. The van der Waals surface area contributed by atoms with E-state index < -0.39 is 6.09 Å². The van der Waals surface area contributed by atoms with Crippen LogP contribution in [0, 0.1) is 0 Å². The van der Waals surface area contributed by atoms with Crippen LogP contribution in [-0.4, -0.2) is 15.5 Å². The number of pyridine rings is 1. The Morgan fingerprint density at radius 1 is 1.04 bits per heavy atom. The van der Waals surface area contributed by atoms with Gasteiger partial charge in [0.25, 0.3) is 0 Å². The lowest BCUT2D eigenvalue weighted by Crippen LogP contribution is -2.16. The maximum Gasteiger partial charge on any atom is 0.410 e. The van der Waals surface area contributed by atoms with Crippen molar-refractivity contribution in [2.75, 3.05) is 0 Å². The first-order valence-corrected chi connectivity index (χ1v) is 7.15. The van der Waals surface area contributed by atoms with E-state index in [1.807, 2.05) is 41.1 Å². The Kier molecular flexibility index (Phi) is 2.98. The monoisotopic (exact) mass is 303 g/mol. The zero-order chi connectivity index (χ0) is 15.8. The summed E-state index contributed by atoms with van der Waals surface area (Å²) in [4.78, 5) is 15.6. The Labute approximate surface area is 131 Å². The fourth-order valence-electron chi connectivity index (χ4n) is 2.75. The molecule has 0 saturated heterocycles. The maximum absolute atomic E-state index is 11.0. The SMILES string of the molecule is NC(=O)Oc1cccn2cc(-c3cccc4ccccc34)nc12. The number of benzene rings is 2. The fourth-order valence-corrected chi connectivity index (χ4v) is 2.75. The topological polar surface area (TPSA) is 69.6 Å². The zero-order valence-corrected chi connectivity index (χ0v) is 12.1. The summed E-state index contributed by atoms with van der Waals surface area (Å²) in [6.07, 6.45) is 2.91. The number of hydrogen-bond acceptors (Lipinski definition) is 3. The van der Waals surface area contributed by atoms with E-state index in [4.69, 9.17) is 10.5 Å².